The van der Waals surface area contributed by atoms with E-state index in [1.807, 2.05) is 0 Å². The Morgan fingerprint density at radius 1 is 1.00 bits per heavy atom. The number of rotatable bonds is 0. The fraction of sp³-hybridized carbons (Fsp3) is 0. The monoisotopic (exact) mass is 220 g/mol. The summed E-state index contributed by atoms with van der Waals surface area (Å²) in [6.45, 7) is 0. The summed E-state index contributed by atoms with van der Waals surface area (Å²) < 4.78 is 0.162. The Morgan fingerprint density at radius 3 is 1.30 bits per heavy atom. The maximum absolute atomic E-state index is 8.07. The average Bonchev–Trinajstić information content (AvgIpc) is 1.69. The van der Waals surface area contributed by atoms with Gasteiger partial charge in [0.05, 0.1) is 4.24 Å². The van der Waals surface area contributed by atoms with Gasteiger partial charge in [0, 0.05) is 0 Å². The standard InChI is InChI=1S/C4H2N2S2.2K/c5-1-3(2-6)4(7)8;;/h7-8H;;/q;2*+1. The molecule has 0 aromatic heterocycles. The molecule has 10 heavy (non-hydrogen) atoms. The zero-order chi connectivity index (χ0) is 6.57. The van der Waals surface area contributed by atoms with Crippen molar-refractivity contribution in [2.24, 2.45) is 0 Å². The Labute approximate surface area is 156 Å². The van der Waals surface area contributed by atoms with E-state index in [1.165, 1.54) is 0 Å². The minimum atomic E-state index is -0.0586. The minimum Gasteiger partial charge on any atom is -0.192 e. The molecule has 0 aliphatic heterocycles. The smallest absolute Gasteiger partial charge is 0.192 e. The molecular weight excluding hydrogens is 218 g/mol. The van der Waals surface area contributed by atoms with Crippen molar-refractivity contribution < 1.29 is 103 Å². The van der Waals surface area contributed by atoms with Crippen LogP contribution in [0.3, 0.4) is 0 Å². The van der Waals surface area contributed by atoms with Crippen LogP contribution in [0.15, 0.2) is 9.81 Å². The molecule has 0 amide bonds. The second-order valence-electron chi connectivity index (χ2n) is 0.922. The van der Waals surface area contributed by atoms with Gasteiger partial charge in [-0.15, -0.1) is 25.3 Å². The van der Waals surface area contributed by atoms with Crippen LogP contribution in [0, 0.1) is 22.7 Å². The number of thiol groups is 2. The van der Waals surface area contributed by atoms with Crippen molar-refractivity contribution in [2.45, 2.75) is 0 Å². The average molecular weight is 220 g/mol. The fourth-order valence-corrected chi connectivity index (χ4v) is 0.325. The van der Waals surface area contributed by atoms with E-state index < -0.39 is 0 Å². The van der Waals surface area contributed by atoms with Crippen molar-refractivity contribution in [3.05, 3.63) is 9.81 Å². The topological polar surface area (TPSA) is 47.6 Å². The molecular formula is C4H2K2N2S2+2. The molecule has 0 aliphatic carbocycles. The summed E-state index contributed by atoms with van der Waals surface area (Å²) in [4.78, 5) is 0. The van der Waals surface area contributed by atoms with Crippen molar-refractivity contribution in [3.63, 3.8) is 0 Å². The van der Waals surface area contributed by atoms with Crippen LogP contribution in [0.1, 0.15) is 0 Å². The van der Waals surface area contributed by atoms with Gasteiger partial charge in [0.15, 0.2) is 0 Å². The predicted octanol–water partition coefficient (Wildman–Crippen LogP) is -4.89. The molecule has 0 spiro atoms. The molecule has 0 heterocycles. The van der Waals surface area contributed by atoms with Crippen LogP contribution in [0.2, 0.25) is 0 Å². The summed E-state index contributed by atoms with van der Waals surface area (Å²) in [5.41, 5.74) is -0.0586. The maximum Gasteiger partial charge on any atom is 1.00 e. The molecule has 0 saturated carbocycles. The molecule has 2 nitrogen and oxygen atoms in total. The summed E-state index contributed by atoms with van der Waals surface area (Å²) in [6.07, 6.45) is 0. The van der Waals surface area contributed by atoms with Gasteiger partial charge in [-0.3, -0.25) is 0 Å². The Morgan fingerprint density at radius 2 is 1.30 bits per heavy atom. The van der Waals surface area contributed by atoms with Gasteiger partial charge in [0.1, 0.15) is 17.7 Å². The molecule has 0 rings (SSSR count). The van der Waals surface area contributed by atoms with Crippen molar-refractivity contribution >= 4 is 25.3 Å². The van der Waals surface area contributed by atoms with Crippen molar-refractivity contribution in [2.75, 3.05) is 0 Å². The Bertz CT molecular complexity index is 180. The van der Waals surface area contributed by atoms with Crippen LogP contribution in [-0.2, 0) is 0 Å². The van der Waals surface area contributed by atoms with E-state index in [1.54, 1.807) is 12.1 Å². The van der Waals surface area contributed by atoms with Crippen molar-refractivity contribution in [3.8, 4) is 12.1 Å². The molecule has 0 aliphatic rings. The Kier molecular flexibility index (Phi) is 21.6. The van der Waals surface area contributed by atoms with E-state index in [0.29, 0.717) is 0 Å². The van der Waals surface area contributed by atoms with Gasteiger partial charge in [-0.05, 0) is 0 Å². The van der Waals surface area contributed by atoms with E-state index in [-0.39, 0.29) is 113 Å². The van der Waals surface area contributed by atoms with E-state index in [9.17, 15) is 0 Å². The largest absolute Gasteiger partial charge is 1.00 e. The second-order valence-corrected chi connectivity index (χ2v) is 2.17. The third-order valence-corrected chi connectivity index (χ3v) is 0.894. The molecule has 0 fully saturated rings. The molecule has 0 N–H and O–H groups in total. The van der Waals surface area contributed by atoms with E-state index >= 15 is 0 Å². The Balaban J connectivity index is -0.000000245. The van der Waals surface area contributed by atoms with Gasteiger partial charge in [0.25, 0.3) is 0 Å². The number of allylic oxidation sites excluding steroid dienone is 1. The summed E-state index contributed by atoms with van der Waals surface area (Å²) in [7, 11) is 0. The normalized spacial score (nSPS) is 5.20. The van der Waals surface area contributed by atoms with Gasteiger partial charge in [0.2, 0.25) is 0 Å². The first-order valence-electron chi connectivity index (χ1n) is 1.64. The van der Waals surface area contributed by atoms with E-state index in [4.69, 9.17) is 10.5 Å². The van der Waals surface area contributed by atoms with Crippen molar-refractivity contribution in [1.82, 2.24) is 0 Å². The molecule has 0 aromatic carbocycles. The van der Waals surface area contributed by atoms with Crippen LogP contribution in [0.25, 0.3) is 0 Å². The third-order valence-electron chi connectivity index (χ3n) is 0.447. The molecule has 0 aromatic rings. The maximum atomic E-state index is 8.07. The molecule has 0 bridgehead atoms. The molecule has 6 heteroatoms. The quantitative estimate of drug-likeness (QED) is 0.244. The molecule has 0 saturated heterocycles. The van der Waals surface area contributed by atoms with Gasteiger partial charge in [-0.2, -0.15) is 10.5 Å². The molecule has 0 unspecified atom stereocenters. The first-order valence-corrected chi connectivity index (χ1v) is 2.54. The zero-order valence-electron chi connectivity index (χ0n) is 5.79. The van der Waals surface area contributed by atoms with Crippen LogP contribution >= 0.6 is 25.3 Å². The molecule has 0 radical (unpaired) electrons. The number of hydrogen-bond donors (Lipinski definition) is 2. The zero-order valence-corrected chi connectivity index (χ0v) is 13.8. The number of hydrogen-bond acceptors (Lipinski definition) is 4. The first-order chi connectivity index (χ1) is 3.72. The summed E-state index contributed by atoms with van der Waals surface area (Å²) >= 11 is 7.30. The summed E-state index contributed by atoms with van der Waals surface area (Å²) in [5.74, 6) is 0. The van der Waals surface area contributed by atoms with Gasteiger partial charge in [-0.25, -0.2) is 0 Å². The summed E-state index contributed by atoms with van der Waals surface area (Å²) in [5, 5.41) is 16.1. The second kappa shape index (κ2) is 11.7. The summed E-state index contributed by atoms with van der Waals surface area (Å²) in [6, 6.07) is 3.23. The van der Waals surface area contributed by atoms with E-state index in [2.05, 4.69) is 25.3 Å². The minimum absolute atomic E-state index is 0. The van der Waals surface area contributed by atoms with Crippen LogP contribution < -0.4 is 103 Å². The van der Waals surface area contributed by atoms with Crippen molar-refractivity contribution in [1.29, 1.82) is 10.5 Å². The first kappa shape index (κ1) is 18.5. The van der Waals surface area contributed by atoms with E-state index in [0.717, 1.165) is 0 Å². The third kappa shape index (κ3) is 8.79. The number of nitrogens with zero attached hydrogens (tertiary/aromatic N) is 2. The van der Waals surface area contributed by atoms with Gasteiger partial charge < -0.3 is 0 Å². The SMILES string of the molecule is N#CC(C#N)=C(S)S.[K+].[K+]. The number of nitriles is 2. The van der Waals surface area contributed by atoms with Crippen LogP contribution in [0.5, 0.6) is 0 Å². The predicted molar refractivity (Wildman–Crippen MR) is 36.2 cm³/mol. The molecule has 40 valence electrons. The fourth-order valence-electron chi connectivity index (χ4n) is 0.125. The van der Waals surface area contributed by atoms with Crippen LogP contribution in [-0.4, -0.2) is 0 Å². The van der Waals surface area contributed by atoms with Gasteiger partial charge >= 0.3 is 103 Å². The van der Waals surface area contributed by atoms with Crippen LogP contribution in [0.4, 0.5) is 0 Å². The van der Waals surface area contributed by atoms with Gasteiger partial charge in [-0.1, -0.05) is 0 Å². The molecule has 0 atom stereocenters. The Hall–Kier alpha value is 2.69.